The van der Waals surface area contributed by atoms with Crippen molar-refractivity contribution in [2.45, 2.75) is 31.6 Å². The molecule has 0 radical (unpaired) electrons. The minimum Gasteiger partial charge on any atom is -0.619 e. The molecule has 0 aliphatic carbocycles. The number of thiazole rings is 2. The minimum atomic E-state index is -0.603. The average molecular weight is 791 g/mol. The van der Waals surface area contributed by atoms with E-state index in [0.29, 0.717) is 33.3 Å². The Labute approximate surface area is 336 Å². The van der Waals surface area contributed by atoms with Gasteiger partial charge in [-0.25, -0.2) is 19.9 Å². The van der Waals surface area contributed by atoms with E-state index in [0.717, 1.165) is 37.5 Å². The molecule has 5 aromatic heterocycles. The Morgan fingerprint density at radius 3 is 1.72 bits per heavy atom. The highest BCUT2D eigenvalue weighted by molar-refractivity contribution is 7.19. The highest BCUT2D eigenvalue weighted by atomic mass is 32.1. The maximum Gasteiger partial charge on any atom is 0.316 e. The lowest BCUT2D eigenvalue weighted by atomic mass is 10.1. The number of benzene rings is 3. The molecular formula is C42H34N10O3S2. The Balaban J connectivity index is 0.000000175. The van der Waals surface area contributed by atoms with Crippen LogP contribution in [-0.4, -0.2) is 48.9 Å². The quantitative estimate of drug-likeness (QED) is 0.0892. The van der Waals surface area contributed by atoms with Crippen molar-refractivity contribution in [3.63, 3.8) is 0 Å². The zero-order valence-electron chi connectivity index (χ0n) is 30.8. The molecule has 2 atom stereocenters. The van der Waals surface area contributed by atoms with E-state index in [9.17, 15) is 15.7 Å². The summed E-state index contributed by atoms with van der Waals surface area (Å²) in [7, 11) is 4.08. The molecule has 282 valence electrons. The van der Waals surface area contributed by atoms with Crippen molar-refractivity contribution in [1.29, 1.82) is 10.5 Å². The molecule has 0 spiro atoms. The van der Waals surface area contributed by atoms with Crippen LogP contribution in [0.4, 0.5) is 0 Å². The van der Waals surface area contributed by atoms with Gasteiger partial charge in [-0.3, -0.25) is 0 Å². The van der Waals surface area contributed by atoms with E-state index in [1.54, 1.807) is 36.7 Å². The molecule has 15 heteroatoms. The van der Waals surface area contributed by atoms with Crippen molar-refractivity contribution in [1.82, 2.24) is 34.8 Å². The topological polar surface area (TPSA) is 174 Å². The average Bonchev–Trinajstić information content (AvgIpc) is 3.85. The van der Waals surface area contributed by atoms with Gasteiger partial charge in [-0.15, -0.1) is 22.7 Å². The Hall–Kier alpha value is -6.91. The highest BCUT2D eigenvalue weighted by Crippen LogP contribution is 2.32. The molecular weight excluding hydrogens is 757 g/mol. The van der Waals surface area contributed by atoms with Gasteiger partial charge < -0.3 is 19.6 Å². The van der Waals surface area contributed by atoms with Crippen molar-refractivity contribution in [3.8, 4) is 24.2 Å². The number of pyridine rings is 1. The second-order valence-electron chi connectivity index (χ2n) is 12.9. The molecule has 8 rings (SSSR count). The number of rotatable bonds is 12. The lowest BCUT2D eigenvalue weighted by Gasteiger charge is -2.11. The summed E-state index contributed by atoms with van der Waals surface area (Å²) >= 11 is 2.98. The van der Waals surface area contributed by atoms with Gasteiger partial charge in [-0.1, -0.05) is 48.5 Å². The standard InChI is InChI=1S/C23H21N5OS.C19H13N5O2S/c1-28(2)14-16-6-5-7-17(12-16)15-29-23-25-11-10-19(27-23)18(13-24)22-26-20-8-3-4-9-21(20)30-22;20-10-14(18-22-16-5-1-2-6-17(16)27-18)15-7-8-21-19(23-15)26-12-13-4-3-9-24(25)11-13/h3-12,18H,14-15H2,1-2H3;1-9,11,14H,12H2. The van der Waals surface area contributed by atoms with Crippen LogP contribution in [0.1, 0.15) is 49.9 Å². The summed E-state index contributed by atoms with van der Waals surface area (Å²) in [6.07, 6.45) is 5.99. The van der Waals surface area contributed by atoms with Crippen LogP contribution in [0.25, 0.3) is 20.4 Å². The van der Waals surface area contributed by atoms with Crippen LogP contribution in [0.15, 0.2) is 122 Å². The van der Waals surface area contributed by atoms with Gasteiger partial charge in [0.2, 0.25) is 0 Å². The highest BCUT2D eigenvalue weighted by Gasteiger charge is 2.22. The number of hydrogen-bond donors (Lipinski definition) is 0. The third-order valence-electron chi connectivity index (χ3n) is 8.34. The molecule has 8 aromatic rings. The maximum absolute atomic E-state index is 11.3. The largest absolute Gasteiger partial charge is 0.619 e. The lowest BCUT2D eigenvalue weighted by Crippen LogP contribution is -2.25. The molecule has 13 nitrogen and oxygen atoms in total. The predicted octanol–water partition coefficient (Wildman–Crippen LogP) is 7.34. The van der Waals surface area contributed by atoms with Crippen LogP contribution in [0.3, 0.4) is 0 Å². The van der Waals surface area contributed by atoms with Crippen molar-refractivity contribution in [2.24, 2.45) is 0 Å². The Bertz CT molecular complexity index is 2640. The molecule has 2 unspecified atom stereocenters. The molecule has 0 bridgehead atoms. The van der Waals surface area contributed by atoms with Gasteiger partial charge in [-0.05, 0) is 67.7 Å². The van der Waals surface area contributed by atoms with Gasteiger partial charge in [0.15, 0.2) is 12.4 Å². The second-order valence-corrected chi connectivity index (χ2v) is 15.0. The van der Waals surface area contributed by atoms with Crippen molar-refractivity contribution in [2.75, 3.05) is 14.1 Å². The third kappa shape index (κ3) is 9.86. The summed E-state index contributed by atoms with van der Waals surface area (Å²) in [6.45, 7) is 1.39. The second kappa shape index (κ2) is 18.1. The van der Waals surface area contributed by atoms with Gasteiger partial charge >= 0.3 is 12.0 Å². The number of fused-ring (bicyclic) bond motifs is 2. The summed E-state index contributed by atoms with van der Waals surface area (Å²) in [6, 6.07) is 35.7. The van der Waals surface area contributed by atoms with E-state index in [1.165, 1.54) is 40.6 Å². The van der Waals surface area contributed by atoms with Crippen molar-refractivity contribution >= 4 is 43.1 Å². The van der Waals surface area contributed by atoms with Crippen LogP contribution in [0.2, 0.25) is 0 Å². The van der Waals surface area contributed by atoms with E-state index < -0.39 is 11.8 Å². The first-order chi connectivity index (χ1) is 27.8. The van der Waals surface area contributed by atoms with Crippen LogP contribution in [-0.2, 0) is 19.8 Å². The van der Waals surface area contributed by atoms with Gasteiger partial charge in [0, 0.05) is 25.0 Å². The lowest BCUT2D eigenvalue weighted by molar-refractivity contribution is -0.606. The molecule has 0 saturated heterocycles. The zero-order valence-corrected chi connectivity index (χ0v) is 32.5. The van der Waals surface area contributed by atoms with Crippen LogP contribution in [0, 0.1) is 27.9 Å². The monoisotopic (exact) mass is 790 g/mol. The molecule has 3 aromatic carbocycles. The van der Waals surface area contributed by atoms with Crippen LogP contribution in [0.5, 0.6) is 12.0 Å². The predicted molar refractivity (Wildman–Crippen MR) is 216 cm³/mol. The zero-order chi connectivity index (χ0) is 39.6. The number of ether oxygens (including phenoxy) is 2. The maximum atomic E-state index is 11.3. The minimum absolute atomic E-state index is 0.148. The molecule has 0 aliphatic rings. The first-order valence-electron chi connectivity index (χ1n) is 17.7. The Morgan fingerprint density at radius 2 is 1.19 bits per heavy atom. The fraction of sp³-hybridized carbons (Fsp3) is 0.167. The molecule has 0 fully saturated rings. The molecule has 0 saturated carbocycles. The van der Waals surface area contributed by atoms with Crippen LogP contribution < -0.4 is 14.2 Å². The summed E-state index contributed by atoms with van der Waals surface area (Å²) in [5.74, 6) is -1.16. The van der Waals surface area contributed by atoms with E-state index >= 15 is 0 Å². The number of aromatic nitrogens is 7. The van der Waals surface area contributed by atoms with E-state index in [4.69, 9.17) is 9.47 Å². The summed E-state index contributed by atoms with van der Waals surface area (Å²) < 4.78 is 14.2. The van der Waals surface area contributed by atoms with Gasteiger partial charge in [-0.2, -0.15) is 25.2 Å². The fourth-order valence-electron chi connectivity index (χ4n) is 5.76. The Kier molecular flexibility index (Phi) is 12.2. The molecule has 57 heavy (non-hydrogen) atoms. The van der Waals surface area contributed by atoms with E-state index in [1.807, 2.05) is 74.8 Å². The van der Waals surface area contributed by atoms with Crippen molar-refractivity contribution < 1.29 is 14.2 Å². The van der Waals surface area contributed by atoms with E-state index in [-0.39, 0.29) is 18.6 Å². The summed E-state index contributed by atoms with van der Waals surface area (Å²) in [5.41, 5.74) is 5.82. The summed E-state index contributed by atoms with van der Waals surface area (Å²) in [4.78, 5) is 28.4. The first kappa shape index (κ1) is 38.4. The Morgan fingerprint density at radius 1 is 0.667 bits per heavy atom. The number of hydrogen-bond acceptors (Lipinski definition) is 14. The number of para-hydroxylation sites is 2. The van der Waals surface area contributed by atoms with Crippen LogP contribution >= 0.6 is 22.7 Å². The normalized spacial score (nSPS) is 11.9. The SMILES string of the molecule is CN(C)Cc1cccc(COc2nccc(C(C#N)c3nc4ccccc4s3)n2)c1.N#CC(c1ccnc(OCc2ccc[n+]([O-])c2)n1)c1nc2ccccc2s1. The summed E-state index contributed by atoms with van der Waals surface area (Å²) in [5, 5.41) is 32.1. The molecule has 0 amide bonds. The van der Waals surface area contributed by atoms with Crippen molar-refractivity contribution in [3.05, 3.63) is 165 Å². The van der Waals surface area contributed by atoms with Gasteiger partial charge in [0.1, 0.15) is 35.1 Å². The smallest absolute Gasteiger partial charge is 0.316 e. The fourth-order valence-corrected chi connectivity index (χ4v) is 7.81. The van der Waals surface area contributed by atoms with E-state index in [2.05, 4.69) is 59.1 Å². The third-order valence-corrected chi connectivity index (χ3v) is 10.5. The first-order valence-corrected chi connectivity index (χ1v) is 19.3. The van der Waals surface area contributed by atoms with Gasteiger partial charge in [0.25, 0.3) is 0 Å². The molecule has 5 heterocycles. The number of nitrogens with zero attached hydrogens (tertiary/aromatic N) is 10. The van der Waals surface area contributed by atoms with Gasteiger partial charge in [0.05, 0.1) is 49.5 Å². The molecule has 0 N–H and O–H groups in total. The molecule has 0 aliphatic heterocycles. The number of nitriles is 2.